The topological polar surface area (TPSA) is 96.7 Å². The molecule has 7 nitrogen and oxygen atoms in total. The highest BCUT2D eigenvalue weighted by atomic mass is 35.5. The van der Waals surface area contributed by atoms with Crippen LogP contribution in [-0.2, 0) is 20.7 Å². The maximum Gasteiger partial charge on any atom is 0.238 e. The van der Waals surface area contributed by atoms with Gasteiger partial charge in [0.05, 0.1) is 26.2 Å². The summed E-state index contributed by atoms with van der Waals surface area (Å²) in [5.74, 6) is -0.166. The Bertz CT molecular complexity index is 779. The number of halogens is 2. The molecule has 158 valence electrons. The number of amides is 2. The van der Waals surface area contributed by atoms with Gasteiger partial charge >= 0.3 is 0 Å². The zero-order valence-corrected chi connectivity index (χ0v) is 17.6. The molecule has 3 rings (SSSR count). The van der Waals surface area contributed by atoms with Gasteiger partial charge in [0, 0.05) is 30.2 Å². The van der Waals surface area contributed by atoms with E-state index in [1.165, 1.54) is 0 Å². The van der Waals surface area contributed by atoms with Crippen LogP contribution >= 0.6 is 24.8 Å². The monoisotopic (exact) mass is 440 g/mol. The van der Waals surface area contributed by atoms with Gasteiger partial charge in [0.2, 0.25) is 11.8 Å². The van der Waals surface area contributed by atoms with Crippen molar-refractivity contribution in [1.82, 2.24) is 4.90 Å². The molecule has 0 aromatic heterocycles. The van der Waals surface area contributed by atoms with Crippen LogP contribution in [0.4, 0.5) is 17.1 Å². The Hall–Kier alpha value is -2.32. The van der Waals surface area contributed by atoms with Gasteiger partial charge in [-0.1, -0.05) is 12.1 Å². The van der Waals surface area contributed by atoms with Gasteiger partial charge in [-0.25, -0.2) is 0 Å². The van der Waals surface area contributed by atoms with E-state index in [9.17, 15) is 9.59 Å². The minimum atomic E-state index is -0.108. The maximum absolute atomic E-state index is 12.1. The predicted molar refractivity (Wildman–Crippen MR) is 120 cm³/mol. The fourth-order valence-corrected chi connectivity index (χ4v) is 2.83. The second-order valence-electron chi connectivity index (χ2n) is 6.48. The number of hydrogen-bond acceptors (Lipinski definition) is 5. The second-order valence-corrected chi connectivity index (χ2v) is 6.48. The van der Waals surface area contributed by atoms with Crippen molar-refractivity contribution in [3.05, 3.63) is 54.1 Å². The molecule has 1 saturated heterocycles. The predicted octanol–water partition coefficient (Wildman–Crippen LogP) is 2.56. The summed E-state index contributed by atoms with van der Waals surface area (Å²) in [6.07, 6.45) is 0.276. The molecule has 0 aliphatic carbocycles. The van der Waals surface area contributed by atoms with Crippen molar-refractivity contribution in [2.24, 2.45) is 0 Å². The highest BCUT2D eigenvalue weighted by molar-refractivity contribution is 5.94. The Kier molecular flexibility index (Phi) is 10.5. The molecule has 0 saturated carbocycles. The molecule has 2 aromatic carbocycles. The fraction of sp³-hybridized carbons (Fsp3) is 0.300. The number of hydrogen-bond donors (Lipinski definition) is 3. The number of nitrogens with zero attached hydrogens (tertiary/aromatic N) is 1. The lowest BCUT2D eigenvalue weighted by atomic mass is 10.1. The third-order valence-corrected chi connectivity index (χ3v) is 4.27. The lowest BCUT2D eigenvalue weighted by Gasteiger charge is -2.25. The van der Waals surface area contributed by atoms with Crippen LogP contribution in [0.3, 0.4) is 0 Å². The average molecular weight is 441 g/mol. The first kappa shape index (κ1) is 24.7. The first-order valence-corrected chi connectivity index (χ1v) is 8.93. The van der Waals surface area contributed by atoms with E-state index in [0.717, 1.165) is 18.7 Å². The van der Waals surface area contributed by atoms with E-state index < -0.39 is 0 Å². The summed E-state index contributed by atoms with van der Waals surface area (Å²) in [6.45, 7) is 3.22. The molecular weight excluding hydrogens is 415 g/mol. The minimum absolute atomic E-state index is 0. The molecule has 1 heterocycles. The number of morpholine rings is 1. The summed E-state index contributed by atoms with van der Waals surface area (Å²) < 4.78 is 5.27. The van der Waals surface area contributed by atoms with E-state index >= 15 is 0 Å². The van der Waals surface area contributed by atoms with Crippen molar-refractivity contribution in [1.29, 1.82) is 0 Å². The smallest absolute Gasteiger partial charge is 0.238 e. The standard InChI is InChI=1S/C20H24N4O3.2ClH/c21-16-3-1-15(2-4-16)13-19(25)22-17-5-7-18(8-6-17)23-20(26)14-24-9-11-27-12-10-24;;/h1-8H,9-14,21H2,(H,22,25)(H,23,26);2*1H. The van der Waals surface area contributed by atoms with Crippen LogP contribution in [0.1, 0.15) is 5.56 Å². The molecule has 0 spiro atoms. The molecule has 1 aliphatic heterocycles. The molecule has 0 atom stereocenters. The SMILES string of the molecule is Cl.Cl.Nc1ccc(CC(=O)Nc2ccc(NC(=O)CN3CCOCC3)cc2)cc1. The van der Waals surface area contributed by atoms with Crippen molar-refractivity contribution < 1.29 is 14.3 Å². The zero-order valence-electron chi connectivity index (χ0n) is 15.9. The second kappa shape index (κ2) is 12.3. The van der Waals surface area contributed by atoms with Crippen molar-refractivity contribution in [2.75, 3.05) is 49.2 Å². The van der Waals surface area contributed by atoms with Gasteiger partial charge in [0.25, 0.3) is 0 Å². The normalized spacial score (nSPS) is 13.5. The molecule has 1 fully saturated rings. The first-order valence-electron chi connectivity index (χ1n) is 8.93. The first-order chi connectivity index (χ1) is 13.1. The maximum atomic E-state index is 12.1. The van der Waals surface area contributed by atoms with Crippen molar-refractivity contribution in [2.45, 2.75) is 6.42 Å². The summed E-state index contributed by atoms with van der Waals surface area (Å²) in [7, 11) is 0. The lowest BCUT2D eigenvalue weighted by Crippen LogP contribution is -2.41. The van der Waals surface area contributed by atoms with Crippen LogP contribution in [0.2, 0.25) is 0 Å². The third-order valence-electron chi connectivity index (χ3n) is 4.27. The average Bonchev–Trinajstić information content (AvgIpc) is 2.66. The summed E-state index contributed by atoms with van der Waals surface area (Å²) in [5.41, 5.74) is 8.59. The van der Waals surface area contributed by atoms with Gasteiger partial charge in [-0.3, -0.25) is 14.5 Å². The number of nitrogen functional groups attached to an aromatic ring is 1. The van der Waals surface area contributed by atoms with E-state index in [4.69, 9.17) is 10.5 Å². The number of nitrogens with one attached hydrogen (secondary N) is 2. The quantitative estimate of drug-likeness (QED) is 0.599. The van der Waals surface area contributed by atoms with Gasteiger partial charge < -0.3 is 21.1 Å². The molecular formula is C20H26Cl2N4O3. The van der Waals surface area contributed by atoms with Crippen LogP contribution in [0.25, 0.3) is 0 Å². The van der Waals surface area contributed by atoms with Gasteiger partial charge in [-0.05, 0) is 42.0 Å². The van der Waals surface area contributed by atoms with Crippen LogP contribution in [0.5, 0.6) is 0 Å². The Morgan fingerprint density at radius 3 is 1.93 bits per heavy atom. The number of anilines is 3. The number of carbonyl (C=O) groups excluding carboxylic acids is 2. The highest BCUT2D eigenvalue weighted by Gasteiger charge is 2.14. The Labute approximate surface area is 182 Å². The van der Waals surface area contributed by atoms with Crippen molar-refractivity contribution >= 4 is 53.7 Å². The molecule has 29 heavy (non-hydrogen) atoms. The highest BCUT2D eigenvalue weighted by Crippen LogP contribution is 2.14. The Morgan fingerprint density at radius 2 is 1.38 bits per heavy atom. The number of rotatable bonds is 6. The summed E-state index contributed by atoms with van der Waals surface area (Å²) >= 11 is 0. The number of benzene rings is 2. The van der Waals surface area contributed by atoms with Gasteiger partial charge in [-0.2, -0.15) is 0 Å². The molecule has 2 aromatic rings. The zero-order chi connectivity index (χ0) is 19.1. The van der Waals surface area contributed by atoms with Crippen molar-refractivity contribution in [3.8, 4) is 0 Å². The third kappa shape index (κ3) is 8.29. The van der Waals surface area contributed by atoms with Crippen LogP contribution in [0.15, 0.2) is 48.5 Å². The van der Waals surface area contributed by atoms with E-state index in [1.807, 2.05) is 12.1 Å². The Morgan fingerprint density at radius 1 is 0.862 bits per heavy atom. The largest absolute Gasteiger partial charge is 0.399 e. The van der Waals surface area contributed by atoms with Crippen molar-refractivity contribution in [3.63, 3.8) is 0 Å². The fourth-order valence-electron chi connectivity index (χ4n) is 2.83. The van der Waals surface area contributed by atoms with Gasteiger partial charge in [-0.15, -0.1) is 24.8 Å². The van der Waals surface area contributed by atoms with Gasteiger partial charge in [0.15, 0.2) is 0 Å². The minimum Gasteiger partial charge on any atom is -0.399 e. The van der Waals surface area contributed by atoms with Crippen LogP contribution in [0, 0.1) is 0 Å². The van der Waals surface area contributed by atoms with Crippen LogP contribution < -0.4 is 16.4 Å². The molecule has 9 heteroatoms. The summed E-state index contributed by atoms with van der Waals surface area (Å²) in [6, 6.07) is 14.3. The van der Waals surface area contributed by atoms with E-state index in [0.29, 0.717) is 36.8 Å². The molecule has 0 unspecified atom stereocenters. The molecule has 4 N–H and O–H groups in total. The van der Waals surface area contributed by atoms with Gasteiger partial charge in [0.1, 0.15) is 0 Å². The molecule has 2 amide bonds. The Balaban J connectivity index is 0.00000210. The summed E-state index contributed by atoms with van der Waals surface area (Å²) in [4.78, 5) is 26.3. The number of ether oxygens (including phenoxy) is 1. The van der Waals surface area contributed by atoms with E-state index in [1.54, 1.807) is 36.4 Å². The van der Waals surface area contributed by atoms with E-state index in [-0.39, 0.29) is 43.0 Å². The number of nitrogens with two attached hydrogens (primary N) is 1. The molecule has 0 radical (unpaired) electrons. The summed E-state index contributed by atoms with van der Waals surface area (Å²) in [5, 5.41) is 5.72. The molecule has 1 aliphatic rings. The van der Waals surface area contributed by atoms with E-state index in [2.05, 4.69) is 15.5 Å². The molecule has 0 bridgehead atoms. The number of carbonyl (C=O) groups is 2. The lowest BCUT2D eigenvalue weighted by molar-refractivity contribution is -0.118. The van der Waals surface area contributed by atoms with Crippen LogP contribution in [-0.4, -0.2) is 49.6 Å².